The first-order chi connectivity index (χ1) is 9.28. The van der Waals surface area contributed by atoms with Crippen LogP contribution in [0, 0.1) is 13.8 Å². The van der Waals surface area contributed by atoms with E-state index >= 15 is 0 Å². The fourth-order valence-electron chi connectivity index (χ4n) is 2.39. The number of nitrogens with one attached hydrogen (secondary N) is 1. The molecule has 0 radical (unpaired) electrons. The van der Waals surface area contributed by atoms with Crippen LogP contribution in [-0.2, 0) is 4.79 Å². The van der Waals surface area contributed by atoms with Gasteiger partial charge in [-0.3, -0.25) is 4.79 Å². The molecule has 0 aliphatic heterocycles. The van der Waals surface area contributed by atoms with E-state index in [0.717, 1.165) is 11.3 Å². The lowest BCUT2D eigenvalue weighted by molar-refractivity contribution is -0.145. The second-order valence-corrected chi connectivity index (χ2v) is 5.57. The van der Waals surface area contributed by atoms with E-state index in [-0.39, 0.29) is 6.10 Å². The summed E-state index contributed by atoms with van der Waals surface area (Å²) in [5.41, 5.74) is 1.29. The van der Waals surface area contributed by atoms with Crippen molar-refractivity contribution < 1.29 is 14.6 Å². The quantitative estimate of drug-likeness (QED) is 0.805. The molecule has 0 aliphatic carbocycles. The summed E-state index contributed by atoms with van der Waals surface area (Å²) < 4.78 is 5.89. The number of aryl methyl sites for hydroxylation is 2. The van der Waals surface area contributed by atoms with Crippen molar-refractivity contribution in [2.45, 2.75) is 52.7 Å². The summed E-state index contributed by atoms with van der Waals surface area (Å²) in [6.45, 7) is 10.1. The molecule has 0 amide bonds. The monoisotopic (exact) mass is 279 g/mol. The number of hydrogen-bond donors (Lipinski definition) is 2. The average Bonchev–Trinajstić information content (AvgIpc) is 2.32. The lowest BCUT2D eigenvalue weighted by Crippen LogP contribution is -2.51. The number of carboxylic acids is 1. The Balaban J connectivity index is 2.75. The van der Waals surface area contributed by atoms with Gasteiger partial charge in [0.05, 0.1) is 6.10 Å². The van der Waals surface area contributed by atoms with Crippen molar-refractivity contribution in [3.63, 3.8) is 0 Å². The summed E-state index contributed by atoms with van der Waals surface area (Å²) in [6, 6.07) is 5.99. The fourth-order valence-corrected chi connectivity index (χ4v) is 2.39. The van der Waals surface area contributed by atoms with Crippen molar-refractivity contribution in [2.75, 3.05) is 6.54 Å². The summed E-state index contributed by atoms with van der Waals surface area (Å²) in [5.74, 6) is -0.0391. The largest absolute Gasteiger partial charge is 0.490 e. The van der Waals surface area contributed by atoms with Crippen molar-refractivity contribution in [3.8, 4) is 5.75 Å². The molecule has 2 N–H and O–H groups in total. The van der Waals surface area contributed by atoms with Crippen molar-refractivity contribution in [1.82, 2.24) is 5.32 Å². The van der Waals surface area contributed by atoms with Crippen LogP contribution in [0.25, 0.3) is 0 Å². The summed E-state index contributed by atoms with van der Waals surface area (Å²) in [7, 11) is 0. The molecule has 2 atom stereocenters. The molecular weight excluding hydrogens is 254 g/mol. The minimum absolute atomic E-state index is 0.184. The van der Waals surface area contributed by atoms with Crippen LogP contribution in [0.3, 0.4) is 0 Å². The Bertz CT molecular complexity index is 473. The molecular formula is C16H25NO3. The van der Waals surface area contributed by atoms with Crippen molar-refractivity contribution in [2.24, 2.45) is 0 Å². The molecule has 0 bridgehead atoms. The van der Waals surface area contributed by atoms with Crippen LogP contribution in [0.15, 0.2) is 18.2 Å². The highest BCUT2D eigenvalue weighted by Gasteiger charge is 2.34. The lowest BCUT2D eigenvalue weighted by Gasteiger charge is -2.29. The molecule has 0 aromatic heterocycles. The number of hydrogen-bond acceptors (Lipinski definition) is 3. The van der Waals surface area contributed by atoms with E-state index in [2.05, 4.69) is 11.4 Å². The molecule has 0 heterocycles. The van der Waals surface area contributed by atoms with Crippen LogP contribution >= 0.6 is 0 Å². The van der Waals surface area contributed by atoms with Crippen molar-refractivity contribution in [3.05, 3.63) is 29.3 Å². The Morgan fingerprint density at radius 3 is 2.60 bits per heavy atom. The van der Waals surface area contributed by atoms with Gasteiger partial charge >= 0.3 is 5.97 Å². The van der Waals surface area contributed by atoms with Gasteiger partial charge in [0.25, 0.3) is 0 Å². The maximum atomic E-state index is 11.4. The third-order valence-corrected chi connectivity index (χ3v) is 3.39. The second kappa shape index (κ2) is 6.75. The van der Waals surface area contributed by atoms with Crippen LogP contribution < -0.4 is 10.1 Å². The number of likely N-dealkylation sites (N-methyl/N-ethyl adjacent to an activating group) is 1. The summed E-state index contributed by atoms with van der Waals surface area (Å²) in [4.78, 5) is 11.4. The minimum atomic E-state index is -0.966. The molecule has 0 aliphatic rings. The van der Waals surface area contributed by atoms with E-state index in [4.69, 9.17) is 4.74 Å². The highest BCUT2D eigenvalue weighted by atomic mass is 16.5. The standard InChI is InChI=1S/C16H25NO3/c1-6-17-16(5,15(18)19)10-13(4)20-14-8-7-11(2)9-12(14)3/h7-9,13,17H,6,10H2,1-5H3,(H,18,19). The molecule has 4 nitrogen and oxygen atoms in total. The fraction of sp³-hybridized carbons (Fsp3) is 0.562. The van der Waals surface area contributed by atoms with Gasteiger partial charge in [0.1, 0.15) is 11.3 Å². The summed E-state index contributed by atoms with van der Waals surface area (Å²) >= 11 is 0. The predicted octanol–water partition coefficient (Wildman–Crippen LogP) is 2.91. The van der Waals surface area contributed by atoms with Gasteiger partial charge in [0, 0.05) is 6.42 Å². The van der Waals surface area contributed by atoms with E-state index in [1.807, 2.05) is 39.8 Å². The number of rotatable bonds is 7. The van der Waals surface area contributed by atoms with E-state index in [0.29, 0.717) is 13.0 Å². The predicted molar refractivity (Wildman–Crippen MR) is 80.3 cm³/mol. The molecule has 1 rings (SSSR count). The Labute approximate surface area is 121 Å². The van der Waals surface area contributed by atoms with Gasteiger partial charge in [-0.15, -0.1) is 0 Å². The molecule has 112 valence electrons. The maximum Gasteiger partial charge on any atom is 0.323 e. The average molecular weight is 279 g/mol. The number of aliphatic carboxylic acids is 1. The highest BCUT2D eigenvalue weighted by Crippen LogP contribution is 2.23. The van der Waals surface area contributed by atoms with Crippen LogP contribution in [0.2, 0.25) is 0 Å². The first kappa shape index (κ1) is 16.5. The molecule has 4 heteroatoms. The number of carbonyl (C=O) groups is 1. The topological polar surface area (TPSA) is 58.6 Å². The SMILES string of the molecule is CCNC(C)(CC(C)Oc1ccc(C)cc1C)C(=O)O. The lowest BCUT2D eigenvalue weighted by atomic mass is 9.94. The first-order valence-electron chi connectivity index (χ1n) is 7.01. The Hall–Kier alpha value is -1.55. The zero-order chi connectivity index (χ0) is 15.3. The van der Waals surface area contributed by atoms with E-state index < -0.39 is 11.5 Å². The molecule has 0 fully saturated rings. The maximum absolute atomic E-state index is 11.4. The van der Waals surface area contributed by atoms with E-state index in [1.54, 1.807) is 6.92 Å². The zero-order valence-electron chi connectivity index (χ0n) is 13.0. The van der Waals surface area contributed by atoms with E-state index in [1.165, 1.54) is 5.56 Å². The molecule has 0 saturated heterocycles. The van der Waals surface area contributed by atoms with Crippen LogP contribution in [-0.4, -0.2) is 29.3 Å². The molecule has 1 aromatic rings. The first-order valence-corrected chi connectivity index (χ1v) is 7.01. The summed E-state index contributed by atoms with van der Waals surface area (Å²) in [5, 5.41) is 12.4. The molecule has 0 spiro atoms. The minimum Gasteiger partial charge on any atom is -0.490 e. The van der Waals surface area contributed by atoms with Gasteiger partial charge < -0.3 is 15.2 Å². The van der Waals surface area contributed by atoms with Gasteiger partial charge in [-0.2, -0.15) is 0 Å². The third kappa shape index (κ3) is 4.23. The molecule has 0 saturated carbocycles. The smallest absolute Gasteiger partial charge is 0.323 e. The van der Waals surface area contributed by atoms with Crippen molar-refractivity contribution >= 4 is 5.97 Å². The van der Waals surface area contributed by atoms with Gasteiger partial charge in [0.15, 0.2) is 0 Å². The number of benzene rings is 1. The van der Waals surface area contributed by atoms with Crippen molar-refractivity contribution in [1.29, 1.82) is 0 Å². The Morgan fingerprint density at radius 1 is 1.45 bits per heavy atom. The van der Waals surface area contributed by atoms with E-state index in [9.17, 15) is 9.90 Å². The van der Waals surface area contributed by atoms with Gasteiger partial charge in [-0.1, -0.05) is 24.6 Å². The van der Waals surface area contributed by atoms with Gasteiger partial charge in [-0.05, 0) is 45.9 Å². The normalized spacial score (nSPS) is 15.4. The highest BCUT2D eigenvalue weighted by molar-refractivity contribution is 5.78. The molecule has 2 unspecified atom stereocenters. The Kier molecular flexibility index (Phi) is 5.57. The third-order valence-electron chi connectivity index (χ3n) is 3.39. The number of carboxylic acid groups (broad SMARTS) is 1. The number of ether oxygens (including phenoxy) is 1. The summed E-state index contributed by atoms with van der Waals surface area (Å²) in [6.07, 6.45) is 0.222. The van der Waals surface area contributed by atoms with Gasteiger partial charge in [-0.25, -0.2) is 0 Å². The zero-order valence-corrected chi connectivity index (χ0v) is 13.0. The van der Waals surface area contributed by atoms with Gasteiger partial charge in [0.2, 0.25) is 0 Å². The van der Waals surface area contributed by atoms with Crippen LogP contribution in [0.4, 0.5) is 0 Å². The Morgan fingerprint density at radius 2 is 2.10 bits per heavy atom. The van der Waals surface area contributed by atoms with Crippen LogP contribution in [0.1, 0.15) is 38.3 Å². The second-order valence-electron chi connectivity index (χ2n) is 5.57. The van der Waals surface area contributed by atoms with Crippen LogP contribution in [0.5, 0.6) is 5.75 Å². The molecule has 20 heavy (non-hydrogen) atoms. The molecule has 1 aromatic carbocycles.